The summed E-state index contributed by atoms with van der Waals surface area (Å²) in [5.41, 5.74) is 0.543. The van der Waals surface area contributed by atoms with Crippen molar-refractivity contribution in [2.45, 2.75) is 0 Å². The average molecular weight is 333 g/mol. The van der Waals surface area contributed by atoms with Crippen LogP contribution in [-0.4, -0.2) is 44.6 Å². The van der Waals surface area contributed by atoms with Gasteiger partial charge in [0.15, 0.2) is 0 Å². The molecule has 126 valence electrons. The van der Waals surface area contributed by atoms with Gasteiger partial charge in [-0.25, -0.2) is 19.3 Å². The van der Waals surface area contributed by atoms with Gasteiger partial charge < -0.3 is 20.1 Å². The molecule has 0 radical (unpaired) electrons. The first-order chi connectivity index (χ1) is 11.5. The van der Waals surface area contributed by atoms with Gasteiger partial charge in [0.1, 0.15) is 5.70 Å². The normalized spacial score (nSPS) is 14.2. The lowest BCUT2D eigenvalue weighted by Gasteiger charge is -2.15. The molecule has 1 heterocycles. The lowest BCUT2D eigenvalue weighted by atomic mass is 10.2. The van der Waals surface area contributed by atoms with Crippen LogP contribution in [0.1, 0.15) is 0 Å². The van der Waals surface area contributed by atoms with Crippen LogP contribution in [0.3, 0.4) is 0 Å². The zero-order valence-corrected chi connectivity index (χ0v) is 13.0. The molecule has 1 fully saturated rings. The summed E-state index contributed by atoms with van der Waals surface area (Å²) < 4.78 is 9.07. The molecule has 0 bridgehead atoms. The van der Waals surface area contributed by atoms with Crippen LogP contribution in [0.25, 0.3) is 0 Å². The van der Waals surface area contributed by atoms with Crippen molar-refractivity contribution >= 4 is 35.3 Å². The third kappa shape index (κ3) is 3.69. The maximum absolute atomic E-state index is 11.7. The number of benzene rings is 1. The fourth-order valence-corrected chi connectivity index (χ4v) is 1.99. The maximum Gasteiger partial charge on any atom is 0.354 e. The molecule has 0 aromatic heterocycles. The molecule has 0 spiro atoms. The molecule has 24 heavy (non-hydrogen) atoms. The maximum atomic E-state index is 11.7. The molecule has 1 aliphatic heterocycles. The van der Waals surface area contributed by atoms with Crippen molar-refractivity contribution in [3.8, 4) is 0 Å². The van der Waals surface area contributed by atoms with Gasteiger partial charge in [0.05, 0.1) is 32.5 Å². The Morgan fingerprint density at radius 1 is 1.25 bits per heavy atom. The molecule has 2 rings (SSSR count). The van der Waals surface area contributed by atoms with Crippen molar-refractivity contribution in [2.75, 3.05) is 31.0 Å². The second-order valence-electron chi connectivity index (χ2n) is 4.64. The number of esters is 2. The highest BCUT2D eigenvalue weighted by Crippen LogP contribution is 2.22. The monoisotopic (exact) mass is 333 g/mol. The van der Waals surface area contributed by atoms with E-state index in [1.807, 2.05) is 0 Å². The van der Waals surface area contributed by atoms with E-state index in [0.29, 0.717) is 11.4 Å². The zero-order chi connectivity index (χ0) is 17.7. The summed E-state index contributed by atoms with van der Waals surface area (Å²) in [6.45, 7) is -0.0772. The quantitative estimate of drug-likeness (QED) is 0.455. The summed E-state index contributed by atoms with van der Waals surface area (Å²) in [6, 6.07) is 5.70. The molecule has 1 aromatic carbocycles. The highest BCUT2D eigenvalue weighted by molar-refractivity contribution is 6.20. The second kappa shape index (κ2) is 7.27. The van der Waals surface area contributed by atoms with Crippen molar-refractivity contribution < 1.29 is 28.7 Å². The molecule has 1 saturated heterocycles. The topological polar surface area (TPSA) is 114 Å². The molecule has 9 nitrogen and oxygen atoms in total. The highest BCUT2D eigenvalue weighted by atomic mass is 16.5. The van der Waals surface area contributed by atoms with Gasteiger partial charge in [-0.15, -0.1) is 0 Å². The van der Waals surface area contributed by atoms with Crippen LogP contribution in [0, 0.1) is 0 Å². The molecular formula is C15H15N3O6. The number of carbonyl (C=O) groups is 4. The van der Waals surface area contributed by atoms with Crippen LogP contribution in [0.15, 0.2) is 36.0 Å². The van der Waals surface area contributed by atoms with Crippen molar-refractivity contribution in [1.82, 2.24) is 5.32 Å². The van der Waals surface area contributed by atoms with Crippen molar-refractivity contribution in [3.05, 3.63) is 36.0 Å². The Morgan fingerprint density at radius 2 is 2.00 bits per heavy atom. The van der Waals surface area contributed by atoms with Gasteiger partial charge in [-0.3, -0.25) is 4.79 Å². The number of rotatable bonds is 5. The van der Waals surface area contributed by atoms with Crippen molar-refractivity contribution in [2.24, 2.45) is 0 Å². The summed E-state index contributed by atoms with van der Waals surface area (Å²) in [5.74, 6) is -1.91. The van der Waals surface area contributed by atoms with Crippen molar-refractivity contribution in [3.63, 3.8) is 0 Å². The van der Waals surface area contributed by atoms with Gasteiger partial charge in [-0.05, 0) is 18.2 Å². The van der Waals surface area contributed by atoms with Crippen molar-refractivity contribution in [1.29, 1.82) is 0 Å². The molecule has 2 N–H and O–H groups in total. The van der Waals surface area contributed by atoms with Crippen LogP contribution in [0.5, 0.6) is 0 Å². The van der Waals surface area contributed by atoms with Gasteiger partial charge in [0, 0.05) is 5.69 Å². The Morgan fingerprint density at radius 3 is 2.58 bits per heavy atom. The Bertz CT molecular complexity index is 712. The van der Waals surface area contributed by atoms with E-state index in [0.717, 1.165) is 11.0 Å². The van der Waals surface area contributed by atoms with E-state index in [1.165, 1.54) is 20.3 Å². The predicted octanol–water partition coefficient (Wildman–Crippen LogP) is 0.385. The van der Waals surface area contributed by atoms with Crippen LogP contribution >= 0.6 is 0 Å². The molecule has 0 saturated carbocycles. The Kier molecular flexibility index (Phi) is 5.15. The number of hydrogen-bond acceptors (Lipinski definition) is 7. The Labute approximate surface area is 137 Å². The van der Waals surface area contributed by atoms with E-state index >= 15 is 0 Å². The number of imide groups is 1. The Balaban J connectivity index is 2.28. The SMILES string of the molecule is COC(=O)/C=C(/Nc1cccc(N2C(=O)CNC2=O)c1)C(=O)OC. The highest BCUT2D eigenvalue weighted by Gasteiger charge is 2.30. The van der Waals surface area contributed by atoms with E-state index < -0.39 is 23.9 Å². The molecule has 1 aliphatic rings. The number of hydrogen-bond donors (Lipinski definition) is 2. The van der Waals surface area contributed by atoms with Crippen LogP contribution < -0.4 is 15.5 Å². The summed E-state index contributed by atoms with van der Waals surface area (Å²) in [6.07, 6.45) is 0.937. The number of carbonyl (C=O) groups excluding carboxylic acids is 4. The third-order valence-corrected chi connectivity index (χ3v) is 3.10. The smallest absolute Gasteiger partial charge is 0.354 e. The molecule has 0 unspecified atom stereocenters. The Hall–Kier alpha value is -3.36. The number of nitrogens with zero attached hydrogens (tertiary/aromatic N) is 1. The van der Waals surface area contributed by atoms with E-state index in [9.17, 15) is 19.2 Å². The van der Waals surface area contributed by atoms with Gasteiger partial charge >= 0.3 is 18.0 Å². The molecular weight excluding hydrogens is 318 g/mol. The molecule has 3 amide bonds. The number of methoxy groups -OCH3 is 2. The lowest BCUT2D eigenvalue weighted by Crippen LogP contribution is -2.30. The minimum absolute atomic E-state index is 0.0772. The molecule has 0 aliphatic carbocycles. The van der Waals surface area contributed by atoms with Crippen LogP contribution in [-0.2, 0) is 23.9 Å². The first kappa shape index (κ1) is 17.0. The summed E-state index contributed by atoms with van der Waals surface area (Å²) in [7, 11) is 2.34. The first-order valence-electron chi connectivity index (χ1n) is 6.82. The van der Waals surface area contributed by atoms with Gasteiger partial charge in [0.2, 0.25) is 0 Å². The predicted molar refractivity (Wildman–Crippen MR) is 83.1 cm³/mol. The number of anilines is 2. The minimum atomic E-state index is -0.777. The van der Waals surface area contributed by atoms with E-state index in [2.05, 4.69) is 20.1 Å². The molecule has 1 aromatic rings. The first-order valence-corrected chi connectivity index (χ1v) is 6.82. The summed E-state index contributed by atoms with van der Waals surface area (Å²) >= 11 is 0. The minimum Gasteiger partial charge on any atom is -0.466 e. The van der Waals surface area contributed by atoms with E-state index in [-0.39, 0.29) is 12.2 Å². The number of urea groups is 1. The average Bonchev–Trinajstić information content (AvgIpc) is 2.92. The van der Waals surface area contributed by atoms with Gasteiger partial charge in [-0.2, -0.15) is 0 Å². The molecule has 0 atom stereocenters. The summed E-state index contributed by atoms with van der Waals surface area (Å²) in [5, 5.41) is 5.11. The van der Waals surface area contributed by atoms with Gasteiger partial charge in [-0.1, -0.05) is 6.07 Å². The number of nitrogens with one attached hydrogen (secondary N) is 2. The lowest BCUT2D eigenvalue weighted by molar-refractivity contribution is -0.138. The van der Waals surface area contributed by atoms with Crippen LogP contribution in [0.2, 0.25) is 0 Å². The number of amides is 3. The van der Waals surface area contributed by atoms with E-state index in [4.69, 9.17) is 0 Å². The third-order valence-electron chi connectivity index (χ3n) is 3.10. The fraction of sp³-hybridized carbons (Fsp3) is 0.200. The molecule has 9 heteroatoms. The fourth-order valence-electron chi connectivity index (χ4n) is 1.99. The zero-order valence-electron chi connectivity index (χ0n) is 13.0. The largest absolute Gasteiger partial charge is 0.466 e. The standard InChI is InChI=1S/C15H15N3O6/c1-23-13(20)7-11(14(21)24-2)17-9-4-3-5-10(6-9)18-12(19)8-16-15(18)22/h3-7,17H,8H2,1-2H3,(H,16,22)/b11-7+. The van der Waals surface area contributed by atoms with E-state index in [1.54, 1.807) is 18.2 Å². The second-order valence-corrected chi connectivity index (χ2v) is 4.64. The van der Waals surface area contributed by atoms with Gasteiger partial charge in [0.25, 0.3) is 5.91 Å². The van der Waals surface area contributed by atoms with Crippen LogP contribution in [0.4, 0.5) is 16.2 Å². The summed E-state index contributed by atoms with van der Waals surface area (Å²) in [4.78, 5) is 47.5. The number of ether oxygens (including phenoxy) is 2.